The van der Waals surface area contributed by atoms with Gasteiger partial charge in [-0.2, -0.15) is 0 Å². The summed E-state index contributed by atoms with van der Waals surface area (Å²) < 4.78 is 31.0. The van der Waals surface area contributed by atoms with Gasteiger partial charge in [0.05, 0.1) is 10.5 Å². The second-order valence-electron chi connectivity index (χ2n) is 6.41. The molecular formula is C17H23BrN2O5S. The van der Waals surface area contributed by atoms with Crippen LogP contribution in [-0.2, 0) is 19.6 Å². The van der Waals surface area contributed by atoms with Crippen molar-refractivity contribution in [2.45, 2.75) is 43.0 Å². The number of sulfonamides is 1. The second-order valence-corrected chi connectivity index (χ2v) is 9.39. The zero-order valence-electron chi connectivity index (χ0n) is 14.8. The lowest BCUT2D eigenvalue weighted by atomic mass is 9.95. The van der Waals surface area contributed by atoms with Gasteiger partial charge in [0.2, 0.25) is 10.0 Å². The van der Waals surface area contributed by atoms with Crippen molar-refractivity contribution in [1.29, 1.82) is 0 Å². The van der Waals surface area contributed by atoms with Gasteiger partial charge in [-0.05, 0) is 47.0 Å². The van der Waals surface area contributed by atoms with Gasteiger partial charge in [0.25, 0.3) is 5.91 Å². The van der Waals surface area contributed by atoms with Crippen molar-refractivity contribution < 1.29 is 22.7 Å². The average molecular weight is 447 g/mol. The van der Waals surface area contributed by atoms with Gasteiger partial charge in [-0.25, -0.2) is 17.5 Å². The zero-order chi connectivity index (χ0) is 19.3. The highest BCUT2D eigenvalue weighted by Gasteiger charge is 2.23. The van der Waals surface area contributed by atoms with Gasteiger partial charge in [0.15, 0.2) is 6.61 Å². The third-order valence-corrected chi connectivity index (χ3v) is 7.04. The first-order chi connectivity index (χ1) is 12.2. The SMILES string of the molecule is CN(C)S(=O)(=O)c1cc(C(=O)OCC(=O)NC2CCCCC2)ccc1Br. The van der Waals surface area contributed by atoms with Crippen LogP contribution in [0.2, 0.25) is 0 Å². The first-order valence-corrected chi connectivity index (χ1v) is 10.6. The molecule has 2 rings (SSSR count). The summed E-state index contributed by atoms with van der Waals surface area (Å²) in [6.07, 6.45) is 5.25. The molecule has 0 aliphatic heterocycles. The molecule has 1 amide bonds. The summed E-state index contributed by atoms with van der Waals surface area (Å²) >= 11 is 3.18. The van der Waals surface area contributed by atoms with E-state index >= 15 is 0 Å². The molecule has 1 aliphatic carbocycles. The van der Waals surface area contributed by atoms with E-state index in [1.807, 2.05) is 0 Å². The molecule has 1 aromatic rings. The number of carbonyl (C=O) groups excluding carboxylic acids is 2. The van der Waals surface area contributed by atoms with Crippen LogP contribution in [0.5, 0.6) is 0 Å². The van der Waals surface area contributed by atoms with Crippen molar-refractivity contribution >= 4 is 37.8 Å². The third kappa shape index (κ3) is 5.28. The molecule has 0 heterocycles. The van der Waals surface area contributed by atoms with Crippen LogP contribution in [0.4, 0.5) is 0 Å². The summed E-state index contributed by atoms with van der Waals surface area (Å²) in [6, 6.07) is 4.29. The molecule has 1 aromatic carbocycles. The van der Waals surface area contributed by atoms with E-state index in [0.717, 1.165) is 30.0 Å². The van der Waals surface area contributed by atoms with E-state index in [0.29, 0.717) is 4.47 Å². The molecule has 1 fully saturated rings. The largest absolute Gasteiger partial charge is 0.452 e. The molecule has 0 bridgehead atoms. The van der Waals surface area contributed by atoms with Gasteiger partial charge < -0.3 is 10.1 Å². The predicted octanol–water partition coefficient (Wildman–Crippen LogP) is 2.31. The molecule has 144 valence electrons. The maximum Gasteiger partial charge on any atom is 0.338 e. The molecule has 0 aromatic heterocycles. The Bertz CT molecular complexity index is 773. The van der Waals surface area contributed by atoms with Crippen molar-refractivity contribution in [3.05, 3.63) is 28.2 Å². The molecule has 0 atom stereocenters. The van der Waals surface area contributed by atoms with Crippen LogP contribution in [0.3, 0.4) is 0 Å². The van der Waals surface area contributed by atoms with Gasteiger partial charge in [-0.1, -0.05) is 19.3 Å². The Morgan fingerprint density at radius 1 is 1.23 bits per heavy atom. The highest BCUT2D eigenvalue weighted by molar-refractivity contribution is 9.10. The molecule has 9 heteroatoms. The number of ether oxygens (including phenoxy) is 1. The molecular weight excluding hydrogens is 424 g/mol. The third-order valence-electron chi connectivity index (χ3n) is 4.23. The Balaban J connectivity index is 2.00. The molecule has 0 radical (unpaired) electrons. The number of esters is 1. The molecule has 0 unspecified atom stereocenters. The number of amides is 1. The lowest BCUT2D eigenvalue weighted by Crippen LogP contribution is -2.38. The first kappa shape index (κ1) is 20.9. The molecule has 1 saturated carbocycles. The number of halogens is 1. The monoisotopic (exact) mass is 446 g/mol. The fourth-order valence-electron chi connectivity index (χ4n) is 2.76. The molecule has 7 nitrogen and oxygen atoms in total. The maximum atomic E-state index is 12.3. The van der Waals surface area contributed by atoms with Crippen molar-refractivity contribution in [3.8, 4) is 0 Å². The van der Waals surface area contributed by atoms with Gasteiger partial charge in [-0.15, -0.1) is 0 Å². The van der Waals surface area contributed by atoms with Crippen LogP contribution in [0.15, 0.2) is 27.6 Å². The summed E-state index contributed by atoms with van der Waals surface area (Å²) in [5.74, 6) is -1.09. The lowest BCUT2D eigenvalue weighted by Gasteiger charge is -2.22. The van der Waals surface area contributed by atoms with Crippen LogP contribution < -0.4 is 5.32 Å². The van der Waals surface area contributed by atoms with Gasteiger partial charge >= 0.3 is 5.97 Å². The van der Waals surface area contributed by atoms with Crippen LogP contribution in [0.1, 0.15) is 42.5 Å². The van der Waals surface area contributed by atoms with E-state index in [2.05, 4.69) is 21.2 Å². The highest BCUT2D eigenvalue weighted by atomic mass is 79.9. The van der Waals surface area contributed by atoms with Crippen LogP contribution in [0, 0.1) is 0 Å². The number of rotatable bonds is 6. The molecule has 26 heavy (non-hydrogen) atoms. The van der Waals surface area contributed by atoms with E-state index in [1.165, 1.54) is 38.7 Å². The summed E-state index contributed by atoms with van der Waals surface area (Å²) in [7, 11) is -0.904. The Morgan fingerprint density at radius 3 is 2.50 bits per heavy atom. The molecule has 0 spiro atoms. The number of benzene rings is 1. The summed E-state index contributed by atoms with van der Waals surface area (Å²) in [5.41, 5.74) is 0.0686. The van der Waals surface area contributed by atoms with Crippen LogP contribution >= 0.6 is 15.9 Å². The molecule has 0 saturated heterocycles. The van der Waals surface area contributed by atoms with E-state index in [-0.39, 0.29) is 29.0 Å². The minimum absolute atomic E-state index is 0.0383. The van der Waals surface area contributed by atoms with E-state index in [9.17, 15) is 18.0 Å². The highest BCUT2D eigenvalue weighted by Crippen LogP contribution is 2.25. The Morgan fingerprint density at radius 2 is 1.88 bits per heavy atom. The zero-order valence-corrected chi connectivity index (χ0v) is 17.2. The standard InChI is InChI=1S/C17H23BrN2O5S/c1-20(2)26(23,24)15-10-12(8-9-14(15)18)17(22)25-11-16(21)19-13-6-4-3-5-7-13/h8-10,13H,3-7,11H2,1-2H3,(H,19,21). The Kier molecular flexibility index (Phi) is 7.19. The van der Waals surface area contributed by atoms with Crippen molar-refractivity contribution in [2.24, 2.45) is 0 Å². The van der Waals surface area contributed by atoms with Gasteiger partial charge in [0.1, 0.15) is 0 Å². The molecule has 1 N–H and O–H groups in total. The summed E-state index contributed by atoms with van der Waals surface area (Å²) in [6.45, 7) is -0.388. The topological polar surface area (TPSA) is 92.8 Å². The normalized spacial score (nSPS) is 15.7. The second kappa shape index (κ2) is 8.96. The minimum atomic E-state index is -3.71. The van der Waals surface area contributed by atoms with Crippen molar-refractivity contribution in [2.75, 3.05) is 20.7 Å². The summed E-state index contributed by atoms with van der Waals surface area (Å²) in [5, 5.41) is 2.86. The number of carbonyl (C=O) groups is 2. The average Bonchev–Trinajstić information content (AvgIpc) is 2.60. The number of nitrogens with zero attached hydrogens (tertiary/aromatic N) is 1. The summed E-state index contributed by atoms with van der Waals surface area (Å²) in [4.78, 5) is 24.1. The van der Waals surface area contributed by atoms with Crippen molar-refractivity contribution in [3.63, 3.8) is 0 Å². The Labute approximate surface area is 162 Å². The minimum Gasteiger partial charge on any atom is -0.452 e. The molecule has 1 aliphatic rings. The maximum absolute atomic E-state index is 12.3. The van der Waals surface area contributed by atoms with Crippen LogP contribution in [0.25, 0.3) is 0 Å². The quantitative estimate of drug-likeness (QED) is 0.676. The Hall–Kier alpha value is -1.45. The smallest absolute Gasteiger partial charge is 0.338 e. The van der Waals surface area contributed by atoms with E-state index < -0.39 is 16.0 Å². The lowest BCUT2D eigenvalue weighted by molar-refractivity contribution is -0.125. The fourth-order valence-corrected chi connectivity index (χ4v) is 4.60. The van der Waals surface area contributed by atoms with Gasteiger partial charge in [-0.3, -0.25) is 4.79 Å². The number of nitrogens with one attached hydrogen (secondary N) is 1. The fraction of sp³-hybridized carbons (Fsp3) is 0.529. The van der Waals surface area contributed by atoms with Crippen LogP contribution in [-0.4, -0.2) is 51.3 Å². The predicted molar refractivity (Wildman–Crippen MR) is 100 cm³/mol. The van der Waals surface area contributed by atoms with Crippen molar-refractivity contribution in [1.82, 2.24) is 9.62 Å². The van der Waals surface area contributed by atoms with Gasteiger partial charge in [0, 0.05) is 24.6 Å². The van der Waals surface area contributed by atoms with E-state index in [1.54, 1.807) is 0 Å². The number of hydrogen-bond donors (Lipinski definition) is 1. The van der Waals surface area contributed by atoms with E-state index in [4.69, 9.17) is 4.74 Å². The first-order valence-electron chi connectivity index (χ1n) is 8.40. The number of hydrogen-bond acceptors (Lipinski definition) is 5.